The fourth-order valence-electron chi connectivity index (χ4n) is 7.12. The largest absolute Gasteiger partial charge is 0.508 e. The van der Waals surface area contributed by atoms with Crippen molar-refractivity contribution >= 4 is 5.91 Å². The van der Waals surface area contributed by atoms with E-state index in [4.69, 9.17) is 0 Å². The highest BCUT2D eigenvalue weighted by atomic mass is 19.4. The van der Waals surface area contributed by atoms with Gasteiger partial charge in [-0.15, -0.1) is 0 Å². The summed E-state index contributed by atoms with van der Waals surface area (Å²) in [4.78, 5) is 17.4. The Bertz CT molecular complexity index is 1200. The molecular weight excluding hydrogens is 485 g/mol. The monoisotopic (exact) mass is 518 g/mol. The van der Waals surface area contributed by atoms with Gasteiger partial charge in [0.15, 0.2) is 0 Å². The lowest BCUT2D eigenvalue weighted by atomic mass is 9.52. The number of halogens is 3. The average Bonchev–Trinajstić information content (AvgIpc) is 3.56. The van der Waals surface area contributed by atoms with Gasteiger partial charge in [0.05, 0.1) is 17.4 Å². The normalized spacial score (nSPS) is 29.9. The summed E-state index contributed by atoms with van der Waals surface area (Å²) < 4.78 is 39.8. The van der Waals surface area contributed by atoms with Gasteiger partial charge < -0.3 is 15.1 Å². The van der Waals surface area contributed by atoms with E-state index in [1.54, 1.807) is 17.0 Å². The molecule has 2 saturated heterocycles. The maximum absolute atomic E-state index is 13.2. The minimum atomic E-state index is -4.46. The number of aromatic nitrogens is 2. The van der Waals surface area contributed by atoms with Crippen LogP contribution in [0.5, 0.6) is 5.75 Å². The number of alkyl halides is 3. The number of piperidine rings is 1. The lowest BCUT2D eigenvalue weighted by molar-refractivity contribution is -0.149. The Morgan fingerprint density at radius 1 is 1.14 bits per heavy atom. The molecule has 37 heavy (non-hydrogen) atoms. The van der Waals surface area contributed by atoms with E-state index in [0.29, 0.717) is 31.8 Å². The summed E-state index contributed by atoms with van der Waals surface area (Å²) in [5.74, 6) is 0.730. The van der Waals surface area contributed by atoms with Crippen LogP contribution < -0.4 is 0 Å². The summed E-state index contributed by atoms with van der Waals surface area (Å²) >= 11 is 0. The van der Waals surface area contributed by atoms with E-state index in [1.165, 1.54) is 12.8 Å². The summed E-state index contributed by atoms with van der Waals surface area (Å²) in [7, 11) is 0. The van der Waals surface area contributed by atoms with E-state index in [-0.39, 0.29) is 30.7 Å². The lowest BCUT2D eigenvalue weighted by Crippen LogP contribution is -2.71. The van der Waals surface area contributed by atoms with Crippen molar-refractivity contribution in [3.8, 4) is 5.75 Å². The third-order valence-electron chi connectivity index (χ3n) is 9.30. The predicted molar refractivity (Wildman–Crippen MR) is 129 cm³/mol. The number of likely N-dealkylation sites (tertiary alicyclic amines) is 2. The third-order valence-corrected chi connectivity index (χ3v) is 9.30. The van der Waals surface area contributed by atoms with Crippen LogP contribution in [-0.2, 0) is 29.4 Å². The Labute approximate surface area is 213 Å². The van der Waals surface area contributed by atoms with Gasteiger partial charge in [-0.05, 0) is 74.2 Å². The summed E-state index contributed by atoms with van der Waals surface area (Å²) in [6.07, 6.45) is 2.24. The van der Waals surface area contributed by atoms with E-state index in [9.17, 15) is 28.2 Å². The number of rotatable bonds is 5. The molecule has 3 fully saturated rings. The topological polar surface area (TPSA) is 81.8 Å². The number of benzene rings is 1. The molecule has 0 spiro atoms. The van der Waals surface area contributed by atoms with Crippen LogP contribution in [0, 0.1) is 5.92 Å². The molecule has 2 N–H and O–H groups in total. The molecule has 1 aromatic carbocycles. The van der Waals surface area contributed by atoms with Crippen molar-refractivity contribution in [3.63, 3.8) is 0 Å². The van der Waals surface area contributed by atoms with Crippen molar-refractivity contribution < 1.29 is 28.2 Å². The Hall–Kier alpha value is -2.59. The molecular formula is C27H33F3N4O3. The van der Waals surface area contributed by atoms with Crippen LogP contribution in [0.4, 0.5) is 13.2 Å². The first-order chi connectivity index (χ1) is 17.6. The zero-order valence-corrected chi connectivity index (χ0v) is 20.8. The van der Waals surface area contributed by atoms with Crippen LogP contribution >= 0.6 is 0 Å². The SMILES string of the molecule is O=C(CCn1cc(C(F)(F)F)cn1)N1CC[C@]23CCN(CC4CC4)[C@H](Cc4ccc(O)cc42)[C@]3(O)CC1. The highest BCUT2D eigenvalue weighted by Gasteiger charge is 2.63. The van der Waals surface area contributed by atoms with Gasteiger partial charge in [-0.25, -0.2) is 0 Å². The van der Waals surface area contributed by atoms with Gasteiger partial charge in [0.2, 0.25) is 5.91 Å². The Morgan fingerprint density at radius 3 is 2.62 bits per heavy atom. The highest BCUT2D eigenvalue weighted by molar-refractivity contribution is 5.76. The van der Waals surface area contributed by atoms with Gasteiger partial charge >= 0.3 is 6.18 Å². The third kappa shape index (κ3) is 4.22. The Morgan fingerprint density at radius 2 is 1.89 bits per heavy atom. The van der Waals surface area contributed by atoms with E-state index in [0.717, 1.165) is 54.1 Å². The molecule has 3 atom stereocenters. The second-order valence-electron chi connectivity index (χ2n) is 11.4. The van der Waals surface area contributed by atoms with Crippen molar-refractivity contribution in [3.05, 3.63) is 47.3 Å². The molecule has 0 radical (unpaired) electrons. The molecule has 0 unspecified atom stereocenters. The van der Waals surface area contributed by atoms with Gasteiger partial charge in [0.25, 0.3) is 0 Å². The van der Waals surface area contributed by atoms with E-state index >= 15 is 0 Å². The van der Waals surface area contributed by atoms with Gasteiger partial charge in [0, 0.05) is 50.3 Å². The molecule has 3 heterocycles. The Balaban J connectivity index is 1.23. The van der Waals surface area contributed by atoms with E-state index < -0.39 is 22.8 Å². The molecule has 2 aromatic rings. The summed E-state index contributed by atoms with van der Waals surface area (Å²) in [5, 5.41) is 26.6. The summed E-state index contributed by atoms with van der Waals surface area (Å²) in [5.41, 5.74) is -0.248. The molecule has 2 aliphatic carbocycles. The maximum atomic E-state index is 13.2. The number of aromatic hydroxyl groups is 1. The van der Waals surface area contributed by atoms with Gasteiger partial charge in [-0.3, -0.25) is 14.4 Å². The smallest absolute Gasteiger partial charge is 0.419 e. The zero-order valence-electron chi connectivity index (χ0n) is 20.8. The number of hydrogen-bond donors (Lipinski definition) is 2. The van der Waals surface area contributed by atoms with Crippen molar-refractivity contribution in [2.24, 2.45) is 5.92 Å². The quantitative estimate of drug-likeness (QED) is 0.635. The number of carbonyl (C=O) groups is 1. The van der Waals surface area contributed by atoms with Crippen LogP contribution in [0.15, 0.2) is 30.6 Å². The fraction of sp³-hybridized carbons (Fsp3) is 0.630. The number of nitrogens with zero attached hydrogens (tertiary/aromatic N) is 4. The predicted octanol–water partition coefficient (Wildman–Crippen LogP) is 3.33. The zero-order chi connectivity index (χ0) is 26.0. The first-order valence-electron chi connectivity index (χ1n) is 13.3. The van der Waals surface area contributed by atoms with Crippen LogP contribution in [0.25, 0.3) is 0 Å². The molecule has 7 nitrogen and oxygen atoms in total. The van der Waals surface area contributed by atoms with Crippen molar-refractivity contribution in [1.82, 2.24) is 19.6 Å². The second-order valence-corrected chi connectivity index (χ2v) is 11.4. The molecule has 200 valence electrons. The second kappa shape index (κ2) is 8.73. The molecule has 6 rings (SSSR count). The summed E-state index contributed by atoms with van der Waals surface area (Å²) in [6.45, 7) is 2.79. The summed E-state index contributed by atoms with van der Waals surface area (Å²) in [6, 6.07) is 5.46. The molecule has 4 aliphatic rings. The number of aryl methyl sites for hydroxylation is 1. The van der Waals surface area contributed by atoms with Crippen molar-refractivity contribution in [2.75, 3.05) is 26.2 Å². The average molecular weight is 519 g/mol. The minimum Gasteiger partial charge on any atom is -0.508 e. The molecule has 10 heteroatoms. The van der Waals surface area contributed by atoms with Crippen LogP contribution in [0.2, 0.25) is 0 Å². The lowest BCUT2D eigenvalue weighted by Gasteiger charge is -2.61. The minimum absolute atomic E-state index is 0.0407. The van der Waals surface area contributed by atoms with Crippen LogP contribution in [0.1, 0.15) is 55.2 Å². The number of amides is 1. The van der Waals surface area contributed by atoms with Crippen LogP contribution in [0.3, 0.4) is 0 Å². The maximum Gasteiger partial charge on any atom is 0.419 e. The number of phenols is 1. The molecule has 1 saturated carbocycles. The molecule has 1 aromatic heterocycles. The van der Waals surface area contributed by atoms with Crippen molar-refractivity contribution in [1.29, 1.82) is 0 Å². The molecule has 2 aliphatic heterocycles. The van der Waals surface area contributed by atoms with Crippen molar-refractivity contribution in [2.45, 2.75) is 74.7 Å². The van der Waals surface area contributed by atoms with Crippen LogP contribution in [-0.4, -0.2) is 73.5 Å². The number of aliphatic hydroxyl groups is 1. The van der Waals surface area contributed by atoms with E-state index in [2.05, 4.69) is 10.00 Å². The van der Waals surface area contributed by atoms with E-state index in [1.807, 2.05) is 6.07 Å². The fourth-order valence-corrected chi connectivity index (χ4v) is 7.12. The van der Waals surface area contributed by atoms with Gasteiger partial charge in [0.1, 0.15) is 5.75 Å². The van der Waals surface area contributed by atoms with Gasteiger partial charge in [-0.1, -0.05) is 6.07 Å². The van der Waals surface area contributed by atoms with Gasteiger partial charge in [-0.2, -0.15) is 18.3 Å². The molecule has 2 bridgehead atoms. The first kappa shape index (κ1) is 24.7. The molecule has 1 amide bonds. The number of fused-ring (bicyclic) bond motifs is 1. The number of hydrogen-bond acceptors (Lipinski definition) is 5. The number of carbonyl (C=O) groups excluding carboxylic acids is 1. The standard InChI is InChI=1S/C27H33F3N4O3/c28-27(29,30)20-15-31-34(17-20)9-5-24(36)32-10-6-25-7-11-33(16-18-1-2-18)23(26(25,37)8-12-32)13-19-3-4-21(35)14-22(19)25/h3-4,14-15,17-18,23,35,37H,1-2,5-13,16H2/t23-,25+,26-/m1/s1. The number of phenolic OH excluding ortho intramolecular Hbond substituents is 1. The Kier molecular flexibility index (Phi) is 5.83. The highest BCUT2D eigenvalue weighted by Crippen LogP contribution is 2.56. The first-order valence-corrected chi connectivity index (χ1v) is 13.3.